The SMILES string of the molecule is CC(C)c1cc(Cl)nc(NC(=O)Nc2ccc(OC(F)(F)F)cc2)n1.CC(C)c1cc(NO)nc(NC(=O)Nc2ccc(OC(F)(F)F)cc2)n1. The highest BCUT2D eigenvalue weighted by atomic mass is 35.5. The van der Waals surface area contributed by atoms with Crippen LogP contribution in [0, 0.1) is 0 Å². The third kappa shape index (κ3) is 14.4. The Morgan fingerprint density at radius 2 is 1.04 bits per heavy atom. The number of rotatable bonds is 9. The smallest absolute Gasteiger partial charge is 0.406 e. The maximum Gasteiger partial charge on any atom is 0.573 e. The van der Waals surface area contributed by atoms with Gasteiger partial charge in [-0.15, -0.1) is 26.3 Å². The Hall–Kier alpha value is -5.63. The van der Waals surface area contributed by atoms with E-state index >= 15 is 0 Å². The molecule has 0 aliphatic carbocycles. The number of ether oxygens (including phenoxy) is 2. The monoisotopic (exact) mass is 745 g/mol. The highest BCUT2D eigenvalue weighted by Crippen LogP contribution is 2.26. The molecule has 0 unspecified atom stereocenters. The van der Waals surface area contributed by atoms with Crippen LogP contribution in [0.15, 0.2) is 60.7 Å². The number of nitrogens with zero attached hydrogens (tertiary/aromatic N) is 4. The van der Waals surface area contributed by atoms with Crippen LogP contribution in [0.4, 0.5) is 65.0 Å². The second kappa shape index (κ2) is 17.3. The van der Waals surface area contributed by atoms with Gasteiger partial charge in [-0.2, -0.15) is 4.98 Å². The van der Waals surface area contributed by atoms with Crippen molar-refractivity contribution in [1.29, 1.82) is 0 Å². The molecule has 14 nitrogen and oxygen atoms in total. The van der Waals surface area contributed by atoms with Crippen LogP contribution >= 0.6 is 11.6 Å². The number of amides is 4. The van der Waals surface area contributed by atoms with Crippen LogP contribution in [-0.4, -0.2) is 49.9 Å². The molecular formula is C30H30ClF6N9O5. The highest BCUT2D eigenvalue weighted by Gasteiger charge is 2.31. The lowest BCUT2D eigenvalue weighted by Gasteiger charge is -2.12. The molecule has 21 heteroatoms. The van der Waals surface area contributed by atoms with Crippen LogP contribution in [0.25, 0.3) is 0 Å². The molecule has 4 aromatic rings. The van der Waals surface area contributed by atoms with E-state index in [1.165, 1.54) is 30.3 Å². The van der Waals surface area contributed by atoms with Gasteiger partial charge in [-0.3, -0.25) is 21.3 Å². The summed E-state index contributed by atoms with van der Waals surface area (Å²) in [5.41, 5.74) is 3.62. The number of carbonyl (C=O) groups excluding carboxylic acids is 2. The van der Waals surface area contributed by atoms with Gasteiger partial charge in [0.2, 0.25) is 11.9 Å². The van der Waals surface area contributed by atoms with Crippen molar-refractivity contribution in [2.45, 2.75) is 52.3 Å². The molecule has 6 N–H and O–H groups in total. The normalized spacial score (nSPS) is 11.3. The van der Waals surface area contributed by atoms with E-state index in [0.29, 0.717) is 11.4 Å². The first-order chi connectivity index (χ1) is 23.8. The molecule has 2 aromatic carbocycles. The molecule has 274 valence electrons. The van der Waals surface area contributed by atoms with Crippen molar-refractivity contribution in [3.63, 3.8) is 0 Å². The summed E-state index contributed by atoms with van der Waals surface area (Å²) in [6.07, 6.45) is -9.56. The lowest BCUT2D eigenvalue weighted by atomic mass is 10.1. The fourth-order valence-corrected chi connectivity index (χ4v) is 3.86. The van der Waals surface area contributed by atoms with E-state index in [-0.39, 0.29) is 46.1 Å². The Bertz CT molecular complexity index is 1780. The number of aromatic nitrogens is 4. The summed E-state index contributed by atoms with van der Waals surface area (Å²) in [4.78, 5) is 40.0. The van der Waals surface area contributed by atoms with Gasteiger partial charge in [-0.1, -0.05) is 39.3 Å². The number of carbonyl (C=O) groups is 2. The maximum absolute atomic E-state index is 12.1. The quantitative estimate of drug-likeness (QED) is 0.0550. The number of alkyl halides is 6. The van der Waals surface area contributed by atoms with Gasteiger partial charge in [0, 0.05) is 17.4 Å². The fraction of sp³-hybridized carbons (Fsp3) is 0.267. The summed E-state index contributed by atoms with van der Waals surface area (Å²) in [5, 5.41) is 18.8. The van der Waals surface area contributed by atoms with Crippen LogP contribution in [0.2, 0.25) is 5.15 Å². The third-order valence-corrected chi connectivity index (χ3v) is 6.09. The average Bonchev–Trinajstić information content (AvgIpc) is 3.01. The van der Waals surface area contributed by atoms with Crippen molar-refractivity contribution >= 4 is 52.8 Å². The van der Waals surface area contributed by atoms with Gasteiger partial charge < -0.3 is 20.1 Å². The molecule has 0 saturated carbocycles. The van der Waals surface area contributed by atoms with E-state index in [2.05, 4.69) is 50.7 Å². The number of nitrogens with one attached hydrogen (secondary N) is 5. The van der Waals surface area contributed by atoms with Gasteiger partial charge in [0.1, 0.15) is 16.7 Å². The predicted molar refractivity (Wildman–Crippen MR) is 174 cm³/mol. The van der Waals surface area contributed by atoms with Gasteiger partial charge in [0.25, 0.3) is 0 Å². The summed E-state index contributed by atoms with van der Waals surface area (Å²) >= 11 is 5.88. The van der Waals surface area contributed by atoms with E-state index in [4.69, 9.17) is 16.8 Å². The lowest BCUT2D eigenvalue weighted by Crippen LogP contribution is -2.21. The number of hydrogen-bond acceptors (Lipinski definition) is 10. The molecule has 0 bridgehead atoms. The molecule has 0 fully saturated rings. The molecule has 2 heterocycles. The predicted octanol–water partition coefficient (Wildman–Crippen LogP) is 8.74. The zero-order valence-electron chi connectivity index (χ0n) is 26.9. The fourth-order valence-electron chi connectivity index (χ4n) is 3.67. The Labute approximate surface area is 290 Å². The van der Waals surface area contributed by atoms with Crippen LogP contribution in [0.3, 0.4) is 0 Å². The van der Waals surface area contributed by atoms with Crippen molar-refractivity contribution in [2.75, 3.05) is 26.7 Å². The van der Waals surface area contributed by atoms with Crippen molar-refractivity contribution in [1.82, 2.24) is 19.9 Å². The first-order valence-corrected chi connectivity index (χ1v) is 14.9. The minimum atomic E-state index is -4.79. The Kier molecular flexibility index (Phi) is 13.5. The van der Waals surface area contributed by atoms with E-state index in [0.717, 1.165) is 24.3 Å². The Morgan fingerprint density at radius 1 is 0.647 bits per heavy atom. The summed E-state index contributed by atoms with van der Waals surface area (Å²) in [6.45, 7) is 7.57. The summed E-state index contributed by atoms with van der Waals surface area (Å²) in [7, 11) is 0. The molecule has 0 radical (unpaired) electrons. The maximum atomic E-state index is 12.1. The number of anilines is 5. The standard InChI is InChI=1S/C15H14ClF3N4O2.C15H16F3N5O3/c1-8(2)11-7-12(16)22-13(21-11)23-14(24)20-9-3-5-10(6-4-9)25-15(17,18)19;1-8(2)11-7-12(23-25)21-13(20-11)22-14(24)19-9-3-5-10(6-4-9)26-15(16,17)18/h3-8H,1-2H3,(H2,20,21,22,23,24);3-8,25H,1-2H3,(H3,19,20,21,22,23,24). The first-order valence-electron chi connectivity index (χ1n) is 14.5. The van der Waals surface area contributed by atoms with Gasteiger partial charge in [0.15, 0.2) is 5.82 Å². The summed E-state index contributed by atoms with van der Waals surface area (Å²) in [5.74, 6) is -0.617. The van der Waals surface area contributed by atoms with Gasteiger partial charge in [0.05, 0.1) is 11.4 Å². The largest absolute Gasteiger partial charge is 0.573 e. The van der Waals surface area contributed by atoms with Crippen LogP contribution in [0.1, 0.15) is 50.9 Å². The summed E-state index contributed by atoms with van der Waals surface area (Å²) in [6, 6.07) is 11.0. The molecule has 51 heavy (non-hydrogen) atoms. The van der Waals surface area contributed by atoms with Crippen LogP contribution < -0.4 is 36.2 Å². The molecule has 2 aromatic heterocycles. The Morgan fingerprint density at radius 3 is 1.41 bits per heavy atom. The van der Waals surface area contributed by atoms with Crippen LogP contribution in [-0.2, 0) is 0 Å². The molecular weight excluding hydrogens is 716 g/mol. The van der Waals surface area contributed by atoms with Crippen molar-refractivity contribution < 1.29 is 50.6 Å². The summed E-state index contributed by atoms with van der Waals surface area (Å²) < 4.78 is 80.1. The van der Waals surface area contributed by atoms with Crippen molar-refractivity contribution in [3.8, 4) is 11.5 Å². The second-order valence-electron chi connectivity index (χ2n) is 10.7. The van der Waals surface area contributed by atoms with Crippen molar-refractivity contribution in [2.24, 2.45) is 0 Å². The topological polar surface area (TPSA) is 185 Å². The van der Waals surface area contributed by atoms with Crippen LogP contribution in [0.5, 0.6) is 11.5 Å². The molecule has 0 aliphatic rings. The van der Waals surface area contributed by atoms with E-state index in [1.807, 2.05) is 33.2 Å². The van der Waals surface area contributed by atoms with Gasteiger partial charge in [-0.05, 0) is 66.4 Å². The zero-order valence-corrected chi connectivity index (χ0v) is 27.7. The van der Waals surface area contributed by atoms with E-state index < -0.39 is 36.3 Å². The third-order valence-electron chi connectivity index (χ3n) is 5.90. The average molecular weight is 746 g/mol. The number of halogens is 7. The molecule has 0 saturated heterocycles. The zero-order chi connectivity index (χ0) is 37.9. The highest BCUT2D eigenvalue weighted by molar-refractivity contribution is 6.29. The van der Waals surface area contributed by atoms with Crippen molar-refractivity contribution in [3.05, 3.63) is 77.2 Å². The molecule has 4 amide bonds. The molecule has 0 spiro atoms. The number of urea groups is 2. The second-order valence-corrected chi connectivity index (χ2v) is 11.1. The first kappa shape index (κ1) is 39.8. The van der Waals surface area contributed by atoms with E-state index in [9.17, 15) is 35.9 Å². The van der Waals surface area contributed by atoms with Gasteiger partial charge >= 0.3 is 24.8 Å². The molecule has 4 rings (SSSR count). The Balaban J connectivity index is 0.000000276. The van der Waals surface area contributed by atoms with E-state index in [1.54, 1.807) is 6.07 Å². The lowest BCUT2D eigenvalue weighted by molar-refractivity contribution is -0.275. The minimum absolute atomic E-state index is 0.0192. The molecule has 0 atom stereocenters. The van der Waals surface area contributed by atoms with Gasteiger partial charge in [-0.25, -0.2) is 24.5 Å². The number of benzene rings is 2. The minimum Gasteiger partial charge on any atom is -0.406 e. The molecule has 0 aliphatic heterocycles. The number of hydrogen-bond donors (Lipinski definition) is 6.